The third-order valence-electron chi connectivity index (χ3n) is 3.75. The molecular formula is C17H28O3. The number of cyclic esters (lactones) is 2. The van der Waals surface area contributed by atoms with Crippen molar-refractivity contribution >= 4 is 11.9 Å². The molecule has 0 aromatic carbocycles. The zero-order valence-electron chi connectivity index (χ0n) is 12.7. The third-order valence-corrected chi connectivity index (χ3v) is 3.75. The molecule has 3 heteroatoms. The van der Waals surface area contributed by atoms with Crippen molar-refractivity contribution in [1.29, 1.82) is 0 Å². The summed E-state index contributed by atoms with van der Waals surface area (Å²) in [4.78, 5) is 22.1. The van der Waals surface area contributed by atoms with Crippen LogP contribution in [0.15, 0.2) is 12.2 Å². The summed E-state index contributed by atoms with van der Waals surface area (Å²) in [6, 6.07) is 0. The van der Waals surface area contributed by atoms with Gasteiger partial charge in [-0.2, -0.15) is 0 Å². The summed E-state index contributed by atoms with van der Waals surface area (Å²) >= 11 is 0. The second-order valence-electron chi connectivity index (χ2n) is 5.65. The fourth-order valence-electron chi connectivity index (χ4n) is 2.47. The highest BCUT2D eigenvalue weighted by molar-refractivity contribution is 5.95. The second kappa shape index (κ2) is 10.6. The maximum absolute atomic E-state index is 11.2. The van der Waals surface area contributed by atoms with E-state index in [1.54, 1.807) is 0 Å². The first-order valence-corrected chi connectivity index (χ1v) is 8.15. The highest BCUT2D eigenvalue weighted by Gasteiger charge is 2.30. The van der Waals surface area contributed by atoms with Gasteiger partial charge in [-0.15, -0.1) is 0 Å². The summed E-state index contributed by atoms with van der Waals surface area (Å²) < 4.78 is 4.50. The molecule has 1 fully saturated rings. The monoisotopic (exact) mass is 280 g/mol. The van der Waals surface area contributed by atoms with Crippen LogP contribution in [0.25, 0.3) is 0 Å². The summed E-state index contributed by atoms with van der Waals surface area (Å²) in [5, 5.41) is 0. The highest BCUT2D eigenvalue weighted by atomic mass is 16.6. The van der Waals surface area contributed by atoms with Gasteiger partial charge in [0.1, 0.15) is 0 Å². The summed E-state index contributed by atoms with van der Waals surface area (Å²) in [5.74, 6) is -1.12. The van der Waals surface area contributed by atoms with Crippen molar-refractivity contribution in [3.63, 3.8) is 0 Å². The molecule has 0 amide bonds. The van der Waals surface area contributed by atoms with Crippen molar-refractivity contribution in [3.05, 3.63) is 12.2 Å². The Morgan fingerprint density at radius 2 is 1.60 bits per heavy atom. The molecule has 1 aliphatic rings. The first kappa shape index (κ1) is 16.9. The zero-order chi connectivity index (χ0) is 14.6. The van der Waals surface area contributed by atoms with Gasteiger partial charge in [0.2, 0.25) is 0 Å². The van der Waals surface area contributed by atoms with E-state index in [2.05, 4.69) is 11.7 Å². The Hall–Kier alpha value is -1.12. The lowest BCUT2D eigenvalue weighted by Crippen LogP contribution is -2.03. The fourth-order valence-corrected chi connectivity index (χ4v) is 2.47. The molecular weight excluding hydrogens is 252 g/mol. The quantitative estimate of drug-likeness (QED) is 0.241. The number of hydrogen-bond acceptors (Lipinski definition) is 3. The Balaban J connectivity index is 1.89. The van der Waals surface area contributed by atoms with Crippen LogP contribution in [0.5, 0.6) is 0 Å². The predicted octanol–water partition coefficient (Wildman–Crippen LogP) is 4.55. The highest BCUT2D eigenvalue weighted by Crippen LogP contribution is 2.17. The Bertz CT molecular complexity index is 320. The second-order valence-corrected chi connectivity index (χ2v) is 5.65. The largest absolute Gasteiger partial charge is 0.393 e. The van der Waals surface area contributed by atoms with Gasteiger partial charge in [-0.05, 0) is 12.8 Å². The van der Waals surface area contributed by atoms with Gasteiger partial charge in [-0.1, -0.05) is 70.4 Å². The van der Waals surface area contributed by atoms with Crippen LogP contribution < -0.4 is 0 Å². The van der Waals surface area contributed by atoms with Crippen molar-refractivity contribution in [1.82, 2.24) is 0 Å². The summed E-state index contributed by atoms with van der Waals surface area (Å²) in [6.45, 7) is 2.24. The van der Waals surface area contributed by atoms with Crippen molar-refractivity contribution < 1.29 is 14.3 Å². The Kier molecular flexibility index (Phi) is 9.01. The lowest BCUT2D eigenvalue weighted by molar-refractivity contribution is -0.152. The van der Waals surface area contributed by atoms with Crippen molar-refractivity contribution in [2.75, 3.05) is 0 Å². The molecule has 0 N–H and O–H groups in total. The average molecular weight is 280 g/mol. The van der Waals surface area contributed by atoms with E-state index in [0.29, 0.717) is 0 Å². The molecule has 1 saturated heterocycles. The van der Waals surface area contributed by atoms with E-state index in [0.717, 1.165) is 6.42 Å². The number of allylic oxidation sites excluding steroid dienone is 1. The summed E-state index contributed by atoms with van der Waals surface area (Å²) in [6.07, 6.45) is 17.0. The van der Waals surface area contributed by atoms with Gasteiger partial charge in [0.05, 0.1) is 12.3 Å². The minimum Gasteiger partial charge on any atom is -0.393 e. The van der Waals surface area contributed by atoms with Crippen LogP contribution in [0.3, 0.4) is 0 Å². The molecule has 1 heterocycles. The van der Waals surface area contributed by atoms with Crippen LogP contribution in [-0.2, 0) is 14.3 Å². The van der Waals surface area contributed by atoms with Crippen LogP contribution in [0.2, 0.25) is 0 Å². The summed E-state index contributed by atoms with van der Waals surface area (Å²) in [7, 11) is 0. The van der Waals surface area contributed by atoms with Crippen molar-refractivity contribution in [2.24, 2.45) is 5.92 Å². The van der Waals surface area contributed by atoms with Gasteiger partial charge in [0, 0.05) is 0 Å². The Morgan fingerprint density at radius 1 is 1.00 bits per heavy atom. The number of hydrogen-bond donors (Lipinski definition) is 0. The van der Waals surface area contributed by atoms with E-state index in [9.17, 15) is 9.59 Å². The lowest BCUT2D eigenvalue weighted by Gasteiger charge is -2.01. The molecule has 1 atom stereocenters. The summed E-state index contributed by atoms with van der Waals surface area (Å²) in [5.41, 5.74) is 0. The van der Waals surface area contributed by atoms with Gasteiger partial charge in [0.25, 0.3) is 0 Å². The maximum atomic E-state index is 11.2. The lowest BCUT2D eigenvalue weighted by atomic mass is 10.0. The molecule has 0 aliphatic carbocycles. The first-order valence-electron chi connectivity index (χ1n) is 8.15. The Labute approximate surface area is 122 Å². The fraction of sp³-hybridized carbons (Fsp3) is 0.765. The normalized spacial score (nSPS) is 18.9. The average Bonchev–Trinajstić information content (AvgIpc) is 2.74. The van der Waals surface area contributed by atoms with Gasteiger partial charge < -0.3 is 4.74 Å². The molecule has 1 rings (SSSR count). The van der Waals surface area contributed by atoms with E-state index in [-0.39, 0.29) is 12.3 Å². The number of unbranched alkanes of at least 4 members (excludes halogenated alkanes) is 9. The number of carbonyl (C=O) groups is 2. The van der Waals surface area contributed by atoms with Crippen LogP contribution >= 0.6 is 0 Å². The van der Waals surface area contributed by atoms with E-state index in [4.69, 9.17) is 0 Å². The number of ether oxygens (including phenoxy) is 1. The minimum atomic E-state index is -0.396. The van der Waals surface area contributed by atoms with Gasteiger partial charge in [-0.3, -0.25) is 9.59 Å². The molecule has 3 nitrogen and oxygen atoms in total. The van der Waals surface area contributed by atoms with Gasteiger partial charge in [0.15, 0.2) is 0 Å². The van der Waals surface area contributed by atoms with E-state index >= 15 is 0 Å². The molecule has 0 bridgehead atoms. The number of esters is 2. The van der Waals surface area contributed by atoms with Gasteiger partial charge >= 0.3 is 11.9 Å². The molecule has 0 aromatic heterocycles. The van der Waals surface area contributed by atoms with E-state index < -0.39 is 11.9 Å². The third kappa shape index (κ3) is 7.46. The van der Waals surface area contributed by atoms with Crippen molar-refractivity contribution in [3.8, 4) is 0 Å². The molecule has 0 saturated carbocycles. The Morgan fingerprint density at radius 3 is 2.15 bits per heavy atom. The van der Waals surface area contributed by atoms with Crippen molar-refractivity contribution in [2.45, 2.75) is 77.6 Å². The van der Waals surface area contributed by atoms with Crippen LogP contribution in [-0.4, -0.2) is 11.9 Å². The van der Waals surface area contributed by atoms with Crippen LogP contribution in [0.4, 0.5) is 0 Å². The zero-order valence-corrected chi connectivity index (χ0v) is 12.7. The van der Waals surface area contributed by atoms with E-state index in [1.165, 1.54) is 57.8 Å². The number of carbonyl (C=O) groups excluding carboxylic acids is 2. The molecule has 1 unspecified atom stereocenters. The maximum Gasteiger partial charge on any atom is 0.321 e. The van der Waals surface area contributed by atoms with Crippen LogP contribution in [0.1, 0.15) is 77.6 Å². The molecule has 0 aromatic rings. The standard InChI is InChI=1S/C17H28O3/c1-2-3-4-5-6-7-8-9-10-11-12-13-15-14-16(18)20-17(15)19/h12-13,15H,2-11,14H2,1H3/b13-12+. The van der Waals surface area contributed by atoms with Gasteiger partial charge in [-0.25, -0.2) is 0 Å². The molecule has 0 radical (unpaired) electrons. The molecule has 0 spiro atoms. The predicted molar refractivity (Wildman–Crippen MR) is 80.2 cm³/mol. The minimum absolute atomic E-state index is 0.215. The molecule has 20 heavy (non-hydrogen) atoms. The molecule has 114 valence electrons. The smallest absolute Gasteiger partial charge is 0.321 e. The topological polar surface area (TPSA) is 43.4 Å². The van der Waals surface area contributed by atoms with E-state index in [1.807, 2.05) is 12.2 Å². The SMILES string of the molecule is CCCCCCCCCCC/C=C/C1CC(=O)OC1=O. The van der Waals surface area contributed by atoms with Crippen LogP contribution in [0, 0.1) is 5.92 Å². The first-order chi connectivity index (χ1) is 9.74. The molecule has 1 aliphatic heterocycles. The number of rotatable bonds is 11.